The lowest BCUT2D eigenvalue weighted by Gasteiger charge is -2.34. The van der Waals surface area contributed by atoms with Crippen molar-refractivity contribution in [1.82, 2.24) is 9.88 Å². The van der Waals surface area contributed by atoms with Crippen LogP contribution in [0.2, 0.25) is 0 Å². The van der Waals surface area contributed by atoms with Crippen LogP contribution in [0.3, 0.4) is 0 Å². The zero-order chi connectivity index (χ0) is 20.4. The number of pyridine rings is 1. The number of nitrogens with zero attached hydrogens (tertiary/aromatic N) is 2. The van der Waals surface area contributed by atoms with Gasteiger partial charge in [0.25, 0.3) is 0 Å². The molecule has 1 atom stereocenters. The number of hydrogen-bond donors (Lipinski definition) is 0. The molecule has 0 aliphatic carbocycles. The van der Waals surface area contributed by atoms with Gasteiger partial charge >= 0.3 is 12.1 Å². The Morgan fingerprint density at radius 2 is 1.81 bits per heavy atom. The van der Waals surface area contributed by atoms with E-state index in [4.69, 9.17) is 9.47 Å². The SMILES string of the molecule is Cc1cccc(C2=CCN(C(=O)OC(C)(C)C)CC2OC(=O)C(C)(C)C)n1. The van der Waals surface area contributed by atoms with Crippen LogP contribution < -0.4 is 0 Å². The van der Waals surface area contributed by atoms with Gasteiger partial charge in [-0.3, -0.25) is 9.78 Å². The van der Waals surface area contributed by atoms with Gasteiger partial charge in [0.15, 0.2) is 0 Å². The fourth-order valence-corrected chi connectivity index (χ4v) is 2.57. The molecule has 2 heterocycles. The first-order valence-electron chi connectivity index (χ1n) is 9.20. The summed E-state index contributed by atoms with van der Waals surface area (Å²) in [7, 11) is 0. The molecule has 2 rings (SSSR count). The molecule has 1 aromatic rings. The minimum absolute atomic E-state index is 0.234. The number of hydrogen-bond acceptors (Lipinski definition) is 5. The number of ether oxygens (including phenoxy) is 2. The van der Waals surface area contributed by atoms with Crippen molar-refractivity contribution in [3.05, 3.63) is 35.7 Å². The molecule has 1 aliphatic rings. The number of esters is 1. The number of aromatic nitrogens is 1. The molecule has 6 nitrogen and oxygen atoms in total. The molecule has 0 bridgehead atoms. The molecule has 0 fully saturated rings. The highest BCUT2D eigenvalue weighted by Gasteiger charge is 2.34. The van der Waals surface area contributed by atoms with E-state index in [9.17, 15) is 9.59 Å². The van der Waals surface area contributed by atoms with Crippen LogP contribution >= 0.6 is 0 Å². The fraction of sp³-hybridized carbons (Fsp3) is 0.571. The van der Waals surface area contributed by atoms with E-state index < -0.39 is 23.2 Å². The van der Waals surface area contributed by atoms with Gasteiger partial charge in [-0.1, -0.05) is 12.1 Å². The van der Waals surface area contributed by atoms with Gasteiger partial charge < -0.3 is 14.4 Å². The monoisotopic (exact) mass is 374 g/mol. The molecule has 0 saturated carbocycles. The zero-order valence-electron chi connectivity index (χ0n) is 17.3. The highest BCUT2D eigenvalue weighted by Crippen LogP contribution is 2.28. The maximum atomic E-state index is 12.5. The molecule has 1 unspecified atom stereocenters. The van der Waals surface area contributed by atoms with Crippen molar-refractivity contribution in [2.24, 2.45) is 5.41 Å². The van der Waals surface area contributed by atoms with Crippen LogP contribution in [0.5, 0.6) is 0 Å². The Morgan fingerprint density at radius 3 is 2.37 bits per heavy atom. The van der Waals surface area contributed by atoms with Gasteiger partial charge in [0.2, 0.25) is 0 Å². The Kier molecular flexibility index (Phi) is 5.97. The molecule has 0 radical (unpaired) electrons. The van der Waals surface area contributed by atoms with Gasteiger partial charge in [-0.15, -0.1) is 0 Å². The molecule has 0 saturated heterocycles. The number of amides is 1. The Bertz CT molecular complexity index is 741. The molecule has 0 spiro atoms. The van der Waals surface area contributed by atoms with Crippen LogP contribution in [-0.2, 0) is 14.3 Å². The molecule has 0 aromatic carbocycles. The number of carbonyl (C=O) groups excluding carboxylic acids is 2. The largest absolute Gasteiger partial charge is 0.455 e. The van der Waals surface area contributed by atoms with Crippen molar-refractivity contribution in [3.8, 4) is 0 Å². The highest BCUT2D eigenvalue weighted by atomic mass is 16.6. The Morgan fingerprint density at radius 1 is 1.15 bits per heavy atom. The second kappa shape index (κ2) is 7.71. The summed E-state index contributed by atoms with van der Waals surface area (Å²) >= 11 is 0. The van der Waals surface area contributed by atoms with Crippen molar-refractivity contribution >= 4 is 17.6 Å². The van der Waals surface area contributed by atoms with E-state index in [0.29, 0.717) is 6.54 Å². The summed E-state index contributed by atoms with van der Waals surface area (Å²) in [4.78, 5) is 31.0. The predicted octanol–water partition coefficient (Wildman–Crippen LogP) is 3.98. The molecule has 6 heteroatoms. The Hall–Kier alpha value is -2.37. The van der Waals surface area contributed by atoms with E-state index in [1.807, 2.05) is 52.0 Å². The first-order chi connectivity index (χ1) is 12.4. The molecule has 148 valence electrons. The highest BCUT2D eigenvalue weighted by molar-refractivity contribution is 5.79. The molecule has 1 aromatic heterocycles. The van der Waals surface area contributed by atoms with Crippen LogP contribution in [0.25, 0.3) is 5.57 Å². The average molecular weight is 374 g/mol. The Labute approximate surface area is 161 Å². The first-order valence-corrected chi connectivity index (χ1v) is 9.20. The van der Waals surface area contributed by atoms with E-state index in [0.717, 1.165) is 17.0 Å². The van der Waals surface area contributed by atoms with E-state index in [2.05, 4.69) is 4.98 Å². The molecular formula is C21H30N2O4. The smallest absolute Gasteiger partial charge is 0.410 e. The van der Waals surface area contributed by atoms with Gasteiger partial charge in [0.05, 0.1) is 17.7 Å². The third-order valence-corrected chi connectivity index (χ3v) is 3.96. The standard InChI is InChI=1S/C21H30N2O4/c1-14-9-8-10-16(22-14)15-11-12-23(19(25)27-21(5,6)7)13-17(15)26-18(24)20(2,3)4/h8-11,17H,12-13H2,1-7H3. The minimum atomic E-state index is -0.640. The summed E-state index contributed by atoms with van der Waals surface area (Å²) in [5, 5.41) is 0. The molecule has 1 aliphatic heterocycles. The van der Waals surface area contributed by atoms with Crippen molar-refractivity contribution in [1.29, 1.82) is 0 Å². The fourth-order valence-electron chi connectivity index (χ4n) is 2.57. The van der Waals surface area contributed by atoms with Gasteiger partial charge in [0, 0.05) is 17.8 Å². The second-order valence-corrected chi connectivity index (χ2v) is 8.85. The van der Waals surface area contributed by atoms with E-state index in [1.165, 1.54) is 0 Å². The third kappa shape index (κ3) is 5.81. The summed E-state index contributed by atoms with van der Waals surface area (Å²) in [6, 6.07) is 5.72. The molecule has 0 N–H and O–H groups in total. The van der Waals surface area contributed by atoms with Gasteiger partial charge in [-0.25, -0.2) is 4.79 Å². The van der Waals surface area contributed by atoms with Crippen LogP contribution in [-0.4, -0.2) is 46.7 Å². The van der Waals surface area contributed by atoms with E-state index >= 15 is 0 Å². The third-order valence-electron chi connectivity index (χ3n) is 3.96. The number of carbonyl (C=O) groups is 2. The minimum Gasteiger partial charge on any atom is -0.455 e. The van der Waals surface area contributed by atoms with Gasteiger partial charge in [-0.05, 0) is 60.6 Å². The lowest BCUT2D eigenvalue weighted by molar-refractivity contribution is -0.156. The maximum absolute atomic E-state index is 12.5. The van der Waals surface area contributed by atoms with Crippen LogP contribution in [0.15, 0.2) is 24.3 Å². The van der Waals surface area contributed by atoms with Crippen LogP contribution in [0.1, 0.15) is 52.9 Å². The van der Waals surface area contributed by atoms with Crippen molar-refractivity contribution in [2.45, 2.75) is 60.2 Å². The first kappa shape index (κ1) is 20.9. The summed E-state index contributed by atoms with van der Waals surface area (Å²) in [6.07, 6.45) is 0.870. The van der Waals surface area contributed by atoms with Crippen molar-refractivity contribution in [2.75, 3.05) is 13.1 Å². The molecular weight excluding hydrogens is 344 g/mol. The summed E-state index contributed by atoms with van der Waals surface area (Å²) < 4.78 is 11.2. The average Bonchev–Trinajstić information content (AvgIpc) is 2.52. The van der Waals surface area contributed by atoms with E-state index in [-0.39, 0.29) is 12.5 Å². The molecule has 1 amide bonds. The van der Waals surface area contributed by atoms with Crippen molar-refractivity contribution < 1.29 is 19.1 Å². The normalized spacial score (nSPS) is 18.0. The van der Waals surface area contributed by atoms with Crippen LogP contribution in [0, 0.1) is 12.3 Å². The van der Waals surface area contributed by atoms with Crippen molar-refractivity contribution in [3.63, 3.8) is 0 Å². The number of rotatable bonds is 2. The summed E-state index contributed by atoms with van der Waals surface area (Å²) in [5.41, 5.74) is 1.22. The number of aryl methyl sites for hydroxylation is 1. The topological polar surface area (TPSA) is 68.7 Å². The molecule has 27 heavy (non-hydrogen) atoms. The van der Waals surface area contributed by atoms with Gasteiger partial charge in [0.1, 0.15) is 11.7 Å². The second-order valence-electron chi connectivity index (χ2n) is 8.85. The van der Waals surface area contributed by atoms with E-state index in [1.54, 1.807) is 25.7 Å². The lowest BCUT2D eigenvalue weighted by Crippen LogP contribution is -2.46. The predicted molar refractivity (Wildman–Crippen MR) is 104 cm³/mol. The maximum Gasteiger partial charge on any atom is 0.410 e. The quantitative estimate of drug-likeness (QED) is 0.732. The lowest BCUT2D eigenvalue weighted by atomic mass is 9.96. The summed E-state index contributed by atoms with van der Waals surface area (Å²) in [5.74, 6) is -0.322. The summed E-state index contributed by atoms with van der Waals surface area (Å²) in [6.45, 7) is 13.4. The van der Waals surface area contributed by atoms with Gasteiger partial charge in [-0.2, -0.15) is 0 Å². The van der Waals surface area contributed by atoms with Crippen LogP contribution in [0.4, 0.5) is 4.79 Å². The Balaban J connectivity index is 2.30. The zero-order valence-corrected chi connectivity index (χ0v) is 17.3.